The van der Waals surface area contributed by atoms with Gasteiger partial charge in [0.1, 0.15) is 0 Å². The minimum absolute atomic E-state index is 0. The molecule has 1 rings (SSSR count). The van der Waals surface area contributed by atoms with Gasteiger partial charge in [0.05, 0.1) is 26.4 Å². The Kier molecular flexibility index (Phi) is 16.5. The molecule has 0 aliphatic rings. The molecule has 0 bridgehead atoms. The normalized spacial score (nSPS) is 11.0. The van der Waals surface area contributed by atoms with Crippen LogP contribution in [-0.2, 0) is 21.2 Å². The molecule has 0 saturated carbocycles. The highest BCUT2D eigenvalue weighted by Gasteiger charge is 2.31. The van der Waals surface area contributed by atoms with Gasteiger partial charge in [0, 0.05) is 5.56 Å². The summed E-state index contributed by atoms with van der Waals surface area (Å²) in [7, 11) is -4.87. The number of ether oxygens (including phenoxy) is 4. The molecule has 4 N–H and O–H groups in total. The van der Waals surface area contributed by atoms with E-state index in [-0.39, 0.29) is 30.0 Å². The van der Waals surface area contributed by atoms with Crippen LogP contribution < -0.4 is 30.0 Å². The fourth-order valence-electron chi connectivity index (χ4n) is 3.46. The Balaban J connectivity index is 0.0000109. The standard InChI is InChI=1S/C23H40O9S.H3N/c1-6-11-12-13-14-15-16-17-18-19(27-7-2)21(28-8-3)23(30-10-5)22(29-9-4)20(18)31-32-33(24,25)26;/h6-17H2,1-5H3,(H,24,25,26);1H3. The Hall–Kier alpha value is -1.95. The molecule has 0 heterocycles. The SMILES string of the molecule is CCCCCCCCCc1c(OCC)c(OCC)c(OCC)c(OCC)c1OOS(=O)(=O)O.N. The topological polar surface area (TPSA) is 145 Å². The van der Waals surface area contributed by atoms with E-state index in [2.05, 4.69) is 11.3 Å². The fraction of sp³-hybridized carbons (Fsp3) is 0.739. The fourth-order valence-corrected chi connectivity index (χ4v) is 3.61. The Morgan fingerprint density at radius 2 is 1.03 bits per heavy atom. The highest BCUT2D eigenvalue weighted by molar-refractivity contribution is 7.80. The smallest absolute Gasteiger partial charge is 0.432 e. The molecule has 1 aromatic carbocycles. The van der Waals surface area contributed by atoms with E-state index in [0.29, 0.717) is 43.3 Å². The van der Waals surface area contributed by atoms with Gasteiger partial charge in [-0.3, -0.25) is 4.55 Å². The zero-order valence-corrected chi connectivity index (χ0v) is 22.1. The zero-order valence-electron chi connectivity index (χ0n) is 21.3. The quantitative estimate of drug-likeness (QED) is 0.101. The van der Waals surface area contributed by atoms with Crippen molar-refractivity contribution < 1.29 is 41.1 Å². The molecular formula is C23H43NO9S. The van der Waals surface area contributed by atoms with E-state index in [1.807, 2.05) is 13.8 Å². The van der Waals surface area contributed by atoms with Gasteiger partial charge in [-0.1, -0.05) is 45.4 Å². The average molecular weight is 510 g/mol. The number of benzene rings is 1. The van der Waals surface area contributed by atoms with Crippen LogP contribution in [0.3, 0.4) is 0 Å². The Morgan fingerprint density at radius 1 is 0.618 bits per heavy atom. The molecule has 11 heteroatoms. The van der Waals surface area contributed by atoms with Crippen LogP contribution in [0.1, 0.15) is 85.1 Å². The number of hydrogen-bond acceptors (Lipinski definition) is 9. The molecule has 0 aromatic heterocycles. The number of rotatable bonds is 19. The lowest BCUT2D eigenvalue weighted by Gasteiger charge is -2.24. The second-order valence-corrected chi connectivity index (χ2v) is 8.30. The van der Waals surface area contributed by atoms with Gasteiger partial charge in [-0.2, -0.15) is 8.42 Å². The monoisotopic (exact) mass is 509 g/mol. The van der Waals surface area contributed by atoms with E-state index in [1.54, 1.807) is 13.8 Å². The minimum atomic E-state index is -4.87. The van der Waals surface area contributed by atoms with Crippen molar-refractivity contribution in [2.45, 2.75) is 86.0 Å². The molecule has 0 saturated heterocycles. The lowest BCUT2D eigenvalue weighted by Crippen LogP contribution is -2.13. The zero-order chi connectivity index (χ0) is 24.7. The molecule has 0 aliphatic carbocycles. The maximum atomic E-state index is 11.2. The van der Waals surface area contributed by atoms with Crippen LogP contribution in [0.5, 0.6) is 28.7 Å². The van der Waals surface area contributed by atoms with Crippen molar-refractivity contribution in [3.05, 3.63) is 5.56 Å². The Morgan fingerprint density at radius 3 is 1.50 bits per heavy atom. The Labute approximate surface area is 204 Å². The summed E-state index contributed by atoms with van der Waals surface area (Å²) in [5.41, 5.74) is 0.532. The van der Waals surface area contributed by atoms with Crippen LogP contribution >= 0.6 is 0 Å². The van der Waals surface area contributed by atoms with Gasteiger partial charge < -0.3 is 30.0 Å². The van der Waals surface area contributed by atoms with E-state index >= 15 is 0 Å². The third-order valence-corrected chi connectivity index (χ3v) is 5.00. The summed E-state index contributed by atoms with van der Waals surface area (Å²) in [5.74, 6) is 1.08. The summed E-state index contributed by atoms with van der Waals surface area (Å²) in [5, 5.41) is 0. The van der Waals surface area contributed by atoms with Gasteiger partial charge in [0.25, 0.3) is 0 Å². The molecule has 0 spiro atoms. The summed E-state index contributed by atoms with van der Waals surface area (Å²) >= 11 is 0. The molecule has 200 valence electrons. The number of hydrogen-bond donors (Lipinski definition) is 2. The van der Waals surface area contributed by atoms with E-state index in [1.165, 1.54) is 25.7 Å². The summed E-state index contributed by atoms with van der Waals surface area (Å²) in [4.78, 5) is 5.12. The number of unbranched alkanes of at least 4 members (excludes halogenated alkanes) is 6. The maximum absolute atomic E-state index is 11.2. The molecule has 1 aromatic rings. The van der Waals surface area contributed by atoms with Gasteiger partial charge in [-0.15, -0.1) is 0 Å². The lowest BCUT2D eigenvalue weighted by molar-refractivity contribution is -0.105. The van der Waals surface area contributed by atoms with E-state index in [9.17, 15) is 8.42 Å². The highest BCUT2D eigenvalue weighted by Crippen LogP contribution is 2.54. The van der Waals surface area contributed by atoms with Gasteiger partial charge in [-0.05, 0) is 44.9 Å². The summed E-state index contributed by atoms with van der Waals surface area (Å²) in [6.07, 6.45) is 8.18. The van der Waals surface area contributed by atoms with Crippen molar-refractivity contribution in [2.75, 3.05) is 26.4 Å². The summed E-state index contributed by atoms with van der Waals surface area (Å²) in [6.45, 7) is 10.7. The lowest BCUT2D eigenvalue weighted by atomic mass is 10.0. The van der Waals surface area contributed by atoms with Gasteiger partial charge in [-0.25, -0.2) is 0 Å². The van der Waals surface area contributed by atoms with Crippen molar-refractivity contribution in [1.82, 2.24) is 6.15 Å². The Bertz CT molecular complexity index is 800. The van der Waals surface area contributed by atoms with Crippen molar-refractivity contribution in [3.8, 4) is 28.7 Å². The second-order valence-electron chi connectivity index (χ2n) is 7.31. The average Bonchev–Trinajstić information content (AvgIpc) is 2.76. The van der Waals surface area contributed by atoms with Crippen LogP contribution in [-0.4, -0.2) is 39.4 Å². The van der Waals surface area contributed by atoms with Crippen molar-refractivity contribution in [3.63, 3.8) is 0 Å². The van der Waals surface area contributed by atoms with Crippen LogP contribution in [0.15, 0.2) is 0 Å². The molecule has 10 nitrogen and oxygen atoms in total. The first-order chi connectivity index (χ1) is 15.8. The van der Waals surface area contributed by atoms with Crippen molar-refractivity contribution in [1.29, 1.82) is 0 Å². The van der Waals surface area contributed by atoms with Gasteiger partial charge >= 0.3 is 10.4 Å². The molecule has 0 atom stereocenters. The molecule has 0 amide bonds. The maximum Gasteiger partial charge on any atom is 0.432 e. The van der Waals surface area contributed by atoms with Gasteiger partial charge in [0.15, 0.2) is 5.75 Å². The molecule has 0 radical (unpaired) electrons. The molecule has 0 unspecified atom stereocenters. The van der Waals surface area contributed by atoms with E-state index in [0.717, 1.165) is 19.3 Å². The predicted octanol–water partition coefficient (Wildman–Crippen LogP) is 5.85. The summed E-state index contributed by atoms with van der Waals surface area (Å²) in [6, 6.07) is 0. The predicted molar refractivity (Wildman–Crippen MR) is 131 cm³/mol. The van der Waals surface area contributed by atoms with E-state index in [4.69, 9.17) is 28.4 Å². The highest BCUT2D eigenvalue weighted by atomic mass is 32.3. The molecular weight excluding hydrogens is 466 g/mol. The van der Waals surface area contributed by atoms with Crippen LogP contribution in [0.4, 0.5) is 0 Å². The van der Waals surface area contributed by atoms with Crippen LogP contribution in [0.2, 0.25) is 0 Å². The molecule has 0 fully saturated rings. The molecule has 0 aliphatic heterocycles. The van der Waals surface area contributed by atoms with Crippen molar-refractivity contribution in [2.24, 2.45) is 0 Å². The third kappa shape index (κ3) is 10.5. The first kappa shape index (κ1) is 32.0. The third-order valence-electron chi connectivity index (χ3n) is 4.76. The van der Waals surface area contributed by atoms with Crippen LogP contribution in [0, 0.1) is 0 Å². The first-order valence-corrected chi connectivity index (χ1v) is 13.3. The molecule has 34 heavy (non-hydrogen) atoms. The van der Waals surface area contributed by atoms with E-state index < -0.39 is 10.4 Å². The second kappa shape index (κ2) is 17.5. The van der Waals surface area contributed by atoms with Crippen molar-refractivity contribution >= 4 is 10.4 Å². The largest absolute Gasteiger partial charge is 0.489 e. The summed E-state index contributed by atoms with van der Waals surface area (Å²) < 4.78 is 59.2. The first-order valence-electron chi connectivity index (χ1n) is 11.9. The van der Waals surface area contributed by atoms with Gasteiger partial charge in [0.2, 0.25) is 23.0 Å². The van der Waals surface area contributed by atoms with Crippen LogP contribution in [0.25, 0.3) is 0 Å². The minimum Gasteiger partial charge on any atom is -0.489 e.